The number of halogens is 1. The Morgan fingerprint density at radius 3 is 2.73 bits per heavy atom. The van der Waals surface area contributed by atoms with Crippen LogP contribution in [0.15, 0.2) is 23.1 Å². The number of benzene rings is 1. The minimum atomic E-state index is 0.865. The molecule has 3 heteroatoms. The molecule has 0 aromatic heterocycles. The summed E-state index contributed by atoms with van der Waals surface area (Å²) >= 11 is 8.01. The van der Waals surface area contributed by atoms with Crippen LogP contribution in [-0.2, 0) is 6.54 Å². The van der Waals surface area contributed by atoms with E-state index in [1.54, 1.807) is 0 Å². The van der Waals surface area contributed by atoms with E-state index in [-0.39, 0.29) is 0 Å². The molecule has 0 aliphatic rings. The average molecular weight is 244 g/mol. The van der Waals surface area contributed by atoms with E-state index in [0.29, 0.717) is 0 Å². The van der Waals surface area contributed by atoms with E-state index >= 15 is 0 Å². The van der Waals surface area contributed by atoms with Crippen LogP contribution in [0.2, 0.25) is 5.02 Å². The van der Waals surface area contributed by atoms with Crippen LogP contribution in [0.3, 0.4) is 0 Å². The van der Waals surface area contributed by atoms with Crippen molar-refractivity contribution in [2.75, 3.05) is 12.3 Å². The van der Waals surface area contributed by atoms with Gasteiger partial charge in [0.15, 0.2) is 0 Å². The zero-order chi connectivity index (χ0) is 11.1. The molecule has 0 unspecified atom stereocenters. The third-order valence-corrected chi connectivity index (χ3v) is 3.31. The SMILES string of the molecule is CCCNCc1ccc(SCC)cc1Cl. The van der Waals surface area contributed by atoms with E-state index in [1.165, 1.54) is 10.5 Å². The van der Waals surface area contributed by atoms with Gasteiger partial charge < -0.3 is 5.32 Å². The van der Waals surface area contributed by atoms with Gasteiger partial charge in [-0.15, -0.1) is 11.8 Å². The molecule has 0 fully saturated rings. The molecule has 0 bridgehead atoms. The maximum Gasteiger partial charge on any atom is 0.0462 e. The summed E-state index contributed by atoms with van der Waals surface area (Å²) in [6.07, 6.45) is 1.15. The second kappa shape index (κ2) is 7.15. The molecule has 0 radical (unpaired) electrons. The minimum Gasteiger partial charge on any atom is -0.313 e. The number of nitrogens with one attached hydrogen (secondary N) is 1. The van der Waals surface area contributed by atoms with Crippen molar-refractivity contribution in [3.63, 3.8) is 0 Å². The highest BCUT2D eigenvalue weighted by Crippen LogP contribution is 2.24. The molecule has 0 heterocycles. The minimum absolute atomic E-state index is 0.865. The van der Waals surface area contributed by atoms with E-state index in [0.717, 1.165) is 30.3 Å². The van der Waals surface area contributed by atoms with Gasteiger partial charge in [0, 0.05) is 16.5 Å². The van der Waals surface area contributed by atoms with Crippen LogP contribution in [0.5, 0.6) is 0 Å². The lowest BCUT2D eigenvalue weighted by Crippen LogP contribution is -2.13. The predicted octanol–water partition coefficient (Wildman–Crippen LogP) is 3.95. The van der Waals surface area contributed by atoms with Gasteiger partial charge >= 0.3 is 0 Å². The second-order valence-corrected chi connectivity index (χ2v) is 5.11. The van der Waals surface area contributed by atoms with Crippen molar-refractivity contribution in [3.8, 4) is 0 Å². The lowest BCUT2D eigenvalue weighted by molar-refractivity contribution is 0.675. The van der Waals surface area contributed by atoms with Gasteiger partial charge in [-0.2, -0.15) is 0 Å². The Morgan fingerprint density at radius 2 is 2.13 bits per heavy atom. The fourth-order valence-corrected chi connectivity index (χ4v) is 2.34. The fraction of sp³-hybridized carbons (Fsp3) is 0.500. The van der Waals surface area contributed by atoms with Crippen molar-refractivity contribution < 1.29 is 0 Å². The summed E-state index contributed by atoms with van der Waals surface area (Å²) in [5, 5.41) is 4.22. The van der Waals surface area contributed by atoms with Gasteiger partial charge in [-0.3, -0.25) is 0 Å². The first-order valence-corrected chi connectivity index (χ1v) is 6.76. The predicted molar refractivity (Wildman–Crippen MR) is 69.8 cm³/mol. The molecule has 84 valence electrons. The number of hydrogen-bond acceptors (Lipinski definition) is 2. The maximum atomic E-state index is 6.19. The Labute approximate surface area is 102 Å². The quantitative estimate of drug-likeness (QED) is 0.600. The summed E-state index contributed by atoms with van der Waals surface area (Å²) in [5.41, 5.74) is 1.19. The fourth-order valence-electron chi connectivity index (χ4n) is 1.33. The lowest BCUT2D eigenvalue weighted by Gasteiger charge is -2.07. The Hall–Kier alpha value is -0.180. The summed E-state index contributed by atoms with van der Waals surface area (Å²) in [5.74, 6) is 1.09. The third-order valence-electron chi connectivity index (χ3n) is 2.08. The van der Waals surface area contributed by atoms with Crippen LogP contribution in [0, 0.1) is 0 Å². The smallest absolute Gasteiger partial charge is 0.0462 e. The molecule has 0 atom stereocenters. The highest BCUT2D eigenvalue weighted by molar-refractivity contribution is 7.99. The molecule has 1 nitrogen and oxygen atoms in total. The molecular formula is C12H18ClNS. The molecule has 0 spiro atoms. The highest BCUT2D eigenvalue weighted by atomic mass is 35.5. The molecule has 0 saturated heterocycles. The lowest BCUT2D eigenvalue weighted by atomic mass is 10.2. The van der Waals surface area contributed by atoms with E-state index in [2.05, 4.69) is 37.4 Å². The highest BCUT2D eigenvalue weighted by Gasteiger charge is 2.01. The number of rotatable bonds is 6. The summed E-state index contributed by atoms with van der Waals surface area (Å²) in [6.45, 7) is 6.22. The van der Waals surface area contributed by atoms with Gasteiger partial charge in [0.05, 0.1) is 0 Å². The Balaban J connectivity index is 2.58. The summed E-state index contributed by atoms with van der Waals surface area (Å²) in [4.78, 5) is 1.25. The van der Waals surface area contributed by atoms with Crippen molar-refractivity contribution in [2.24, 2.45) is 0 Å². The van der Waals surface area contributed by atoms with E-state index in [4.69, 9.17) is 11.6 Å². The third kappa shape index (κ3) is 4.45. The molecule has 0 aliphatic carbocycles. The Kier molecular flexibility index (Phi) is 6.15. The normalized spacial score (nSPS) is 10.6. The summed E-state index contributed by atoms with van der Waals surface area (Å²) in [6, 6.07) is 6.31. The zero-order valence-corrected chi connectivity index (χ0v) is 10.9. The van der Waals surface area contributed by atoms with Crippen molar-refractivity contribution in [1.82, 2.24) is 5.32 Å². The van der Waals surface area contributed by atoms with Gasteiger partial charge in [0.25, 0.3) is 0 Å². The van der Waals surface area contributed by atoms with Gasteiger partial charge in [0.1, 0.15) is 0 Å². The Bertz CT molecular complexity index is 302. The molecule has 0 amide bonds. The number of hydrogen-bond donors (Lipinski definition) is 1. The van der Waals surface area contributed by atoms with Crippen LogP contribution in [-0.4, -0.2) is 12.3 Å². The zero-order valence-electron chi connectivity index (χ0n) is 9.35. The van der Waals surface area contributed by atoms with Gasteiger partial charge in [-0.1, -0.05) is 31.5 Å². The second-order valence-electron chi connectivity index (χ2n) is 3.36. The molecule has 1 aromatic rings. The monoisotopic (exact) mass is 243 g/mol. The van der Waals surface area contributed by atoms with E-state index < -0.39 is 0 Å². The van der Waals surface area contributed by atoms with Gasteiger partial charge in [-0.05, 0) is 36.4 Å². The molecule has 1 aromatic carbocycles. The molecular weight excluding hydrogens is 226 g/mol. The first-order valence-electron chi connectivity index (χ1n) is 5.39. The topological polar surface area (TPSA) is 12.0 Å². The van der Waals surface area contributed by atoms with Crippen LogP contribution in [0.1, 0.15) is 25.8 Å². The molecule has 0 aliphatic heterocycles. The first-order chi connectivity index (χ1) is 7.27. The standard InChI is InChI=1S/C12H18ClNS/c1-3-7-14-9-10-5-6-11(15-4-2)8-12(10)13/h5-6,8,14H,3-4,7,9H2,1-2H3. The molecule has 0 saturated carbocycles. The number of thioether (sulfide) groups is 1. The summed E-state index contributed by atoms with van der Waals surface area (Å²) < 4.78 is 0. The first kappa shape index (κ1) is 12.9. The van der Waals surface area contributed by atoms with Crippen molar-refractivity contribution in [2.45, 2.75) is 31.7 Å². The molecule has 1 N–H and O–H groups in total. The van der Waals surface area contributed by atoms with Crippen LogP contribution < -0.4 is 5.32 Å². The Morgan fingerprint density at radius 1 is 1.33 bits per heavy atom. The molecule has 1 rings (SSSR count). The van der Waals surface area contributed by atoms with Crippen LogP contribution in [0.4, 0.5) is 0 Å². The summed E-state index contributed by atoms with van der Waals surface area (Å²) in [7, 11) is 0. The van der Waals surface area contributed by atoms with Gasteiger partial charge in [-0.25, -0.2) is 0 Å². The van der Waals surface area contributed by atoms with Crippen molar-refractivity contribution >= 4 is 23.4 Å². The van der Waals surface area contributed by atoms with E-state index in [9.17, 15) is 0 Å². The molecule has 15 heavy (non-hydrogen) atoms. The van der Waals surface area contributed by atoms with Crippen LogP contribution >= 0.6 is 23.4 Å². The average Bonchev–Trinajstić information content (AvgIpc) is 2.22. The van der Waals surface area contributed by atoms with E-state index in [1.807, 2.05) is 11.8 Å². The van der Waals surface area contributed by atoms with Crippen LogP contribution in [0.25, 0.3) is 0 Å². The van der Waals surface area contributed by atoms with Crippen molar-refractivity contribution in [1.29, 1.82) is 0 Å². The maximum absolute atomic E-state index is 6.19. The largest absolute Gasteiger partial charge is 0.313 e. The van der Waals surface area contributed by atoms with Crippen molar-refractivity contribution in [3.05, 3.63) is 28.8 Å². The van der Waals surface area contributed by atoms with Gasteiger partial charge in [0.2, 0.25) is 0 Å².